The summed E-state index contributed by atoms with van der Waals surface area (Å²) in [5.74, 6) is -0.469. The van der Waals surface area contributed by atoms with Crippen LogP contribution in [0.15, 0.2) is 6.33 Å². The average molecular weight is 265 g/mol. The molecule has 9 heteroatoms. The van der Waals surface area contributed by atoms with E-state index in [4.69, 9.17) is 10.8 Å². The zero-order valence-electron chi connectivity index (χ0n) is 10.7. The summed E-state index contributed by atoms with van der Waals surface area (Å²) in [5, 5.41) is 20.5. The first-order chi connectivity index (χ1) is 9.04. The molecule has 2 heterocycles. The summed E-state index contributed by atoms with van der Waals surface area (Å²) in [4.78, 5) is 15.1. The molecule has 0 aromatic carbocycles. The Morgan fingerprint density at radius 2 is 2.26 bits per heavy atom. The standard InChI is InChI=1S/C10H15N7O2/c1-6(2)17-8(12-5-13-17)4-16-7(3-11)9(10(18)19)14-15-16/h5-6H,3-4,11H2,1-2H3,(H,18,19). The van der Waals surface area contributed by atoms with Gasteiger partial charge in [0, 0.05) is 12.6 Å². The number of nitrogens with zero attached hydrogens (tertiary/aromatic N) is 6. The van der Waals surface area contributed by atoms with Gasteiger partial charge in [0.2, 0.25) is 0 Å². The monoisotopic (exact) mass is 265 g/mol. The lowest BCUT2D eigenvalue weighted by atomic mass is 10.3. The fourth-order valence-electron chi connectivity index (χ4n) is 1.78. The van der Waals surface area contributed by atoms with Crippen molar-refractivity contribution in [3.63, 3.8) is 0 Å². The second kappa shape index (κ2) is 5.14. The first-order valence-corrected chi connectivity index (χ1v) is 5.78. The highest BCUT2D eigenvalue weighted by Gasteiger charge is 2.19. The molecule has 0 radical (unpaired) electrons. The molecule has 0 aliphatic rings. The third-order valence-corrected chi connectivity index (χ3v) is 2.66. The summed E-state index contributed by atoms with van der Waals surface area (Å²) >= 11 is 0. The molecule has 2 aromatic rings. The molecule has 0 aliphatic heterocycles. The Morgan fingerprint density at radius 1 is 1.53 bits per heavy atom. The lowest BCUT2D eigenvalue weighted by Crippen LogP contribution is -2.17. The third-order valence-electron chi connectivity index (χ3n) is 2.66. The molecule has 0 unspecified atom stereocenters. The van der Waals surface area contributed by atoms with Crippen molar-refractivity contribution in [1.29, 1.82) is 0 Å². The molecule has 19 heavy (non-hydrogen) atoms. The van der Waals surface area contributed by atoms with Gasteiger partial charge in [0.25, 0.3) is 0 Å². The Kier molecular flexibility index (Phi) is 3.56. The van der Waals surface area contributed by atoms with Gasteiger partial charge in [-0.2, -0.15) is 5.10 Å². The molecule has 0 amide bonds. The molecule has 0 spiro atoms. The lowest BCUT2D eigenvalue weighted by molar-refractivity contribution is 0.0689. The summed E-state index contributed by atoms with van der Waals surface area (Å²) in [6, 6.07) is 0.154. The topological polar surface area (TPSA) is 125 Å². The van der Waals surface area contributed by atoms with Gasteiger partial charge in [0.15, 0.2) is 5.69 Å². The van der Waals surface area contributed by atoms with Crippen molar-refractivity contribution in [1.82, 2.24) is 29.8 Å². The van der Waals surface area contributed by atoms with Crippen LogP contribution in [0.25, 0.3) is 0 Å². The van der Waals surface area contributed by atoms with Crippen LogP contribution in [0.1, 0.15) is 41.9 Å². The fraction of sp³-hybridized carbons (Fsp3) is 0.500. The quantitative estimate of drug-likeness (QED) is 0.757. The molecule has 2 rings (SSSR count). The number of hydrogen-bond donors (Lipinski definition) is 2. The van der Waals surface area contributed by atoms with Crippen LogP contribution in [0.5, 0.6) is 0 Å². The van der Waals surface area contributed by atoms with Crippen LogP contribution in [-0.2, 0) is 13.1 Å². The van der Waals surface area contributed by atoms with Crippen molar-refractivity contribution in [2.24, 2.45) is 5.73 Å². The van der Waals surface area contributed by atoms with Gasteiger partial charge in [-0.15, -0.1) is 5.10 Å². The molecule has 9 nitrogen and oxygen atoms in total. The summed E-state index contributed by atoms with van der Waals surface area (Å²) in [7, 11) is 0. The van der Waals surface area contributed by atoms with E-state index in [9.17, 15) is 4.79 Å². The van der Waals surface area contributed by atoms with Gasteiger partial charge >= 0.3 is 5.97 Å². The Hall–Kier alpha value is -2.29. The van der Waals surface area contributed by atoms with Crippen LogP contribution in [0.3, 0.4) is 0 Å². The molecule has 0 saturated carbocycles. The smallest absolute Gasteiger partial charge is 0.358 e. The van der Waals surface area contributed by atoms with Gasteiger partial charge in [0.05, 0.1) is 5.69 Å². The molecular weight excluding hydrogens is 250 g/mol. The van der Waals surface area contributed by atoms with Crippen molar-refractivity contribution < 1.29 is 9.90 Å². The lowest BCUT2D eigenvalue weighted by Gasteiger charge is -2.10. The maximum atomic E-state index is 11.0. The predicted octanol–water partition coefficient (Wildman–Crippen LogP) is -0.344. The van der Waals surface area contributed by atoms with Crippen LogP contribution in [0.2, 0.25) is 0 Å². The molecule has 0 bridgehead atoms. The highest BCUT2D eigenvalue weighted by molar-refractivity contribution is 5.86. The van der Waals surface area contributed by atoms with E-state index in [0.717, 1.165) is 0 Å². The van der Waals surface area contributed by atoms with E-state index >= 15 is 0 Å². The van der Waals surface area contributed by atoms with E-state index in [1.165, 1.54) is 11.0 Å². The van der Waals surface area contributed by atoms with Crippen molar-refractivity contribution in [3.05, 3.63) is 23.5 Å². The van der Waals surface area contributed by atoms with Crippen LogP contribution in [0.4, 0.5) is 0 Å². The van der Waals surface area contributed by atoms with E-state index < -0.39 is 5.97 Å². The van der Waals surface area contributed by atoms with E-state index in [2.05, 4.69) is 20.4 Å². The summed E-state index contributed by atoms with van der Waals surface area (Å²) < 4.78 is 3.18. The maximum Gasteiger partial charge on any atom is 0.358 e. The van der Waals surface area contributed by atoms with Crippen molar-refractivity contribution in [2.75, 3.05) is 0 Å². The number of aromatic carboxylic acids is 1. The van der Waals surface area contributed by atoms with Gasteiger partial charge in [-0.25, -0.2) is 19.1 Å². The second-order valence-corrected chi connectivity index (χ2v) is 4.27. The molecule has 2 aromatic heterocycles. The summed E-state index contributed by atoms with van der Waals surface area (Å²) in [6.07, 6.45) is 1.45. The van der Waals surface area contributed by atoms with Crippen LogP contribution in [0, 0.1) is 0 Å². The average Bonchev–Trinajstić information content (AvgIpc) is 2.95. The van der Waals surface area contributed by atoms with Crippen LogP contribution in [-0.4, -0.2) is 40.8 Å². The zero-order chi connectivity index (χ0) is 14.0. The molecule has 3 N–H and O–H groups in total. The second-order valence-electron chi connectivity index (χ2n) is 4.27. The summed E-state index contributed by atoms with van der Waals surface area (Å²) in [5.41, 5.74) is 5.79. The Bertz CT molecular complexity index is 586. The van der Waals surface area contributed by atoms with Crippen molar-refractivity contribution >= 4 is 5.97 Å². The minimum absolute atomic E-state index is 0.0461. The minimum Gasteiger partial charge on any atom is -0.476 e. The highest BCUT2D eigenvalue weighted by Crippen LogP contribution is 2.10. The number of aromatic nitrogens is 6. The van der Waals surface area contributed by atoms with E-state index in [-0.39, 0.29) is 24.8 Å². The Morgan fingerprint density at radius 3 is 2.84 bits per heavy atom. The van der Waals surface area contributed by atoms with Gasteiger partial charge in [0.1, 0.15) is 18.7 Å². The SMILES string of the molecule is CC(C)n1ncnc1Cn1nnc(C(=O)O)c1CN. The third kappa shape index (κ3) is 2.45. The fourth-order valence-corrected chi connectivity index (χ4v) is 1.78. The maximum absolute atomic E-state index is 11.0. The van der Waals surface area contributed by atoms with Crippen LogP contribution >= 0.6 is 0 Å². The molecule has 0 saturated heterocycles. The van der Waals surface area contributed by atoms with Crippen molar-refractivity contribution in [2.45, 2.75) is 33.0 Å². The van der Waals surface area contributed by atoms with Gasteiger partial charge in [-0.05, 0) is 13.8 Å². The molecule has 0 aliphatic carbocycles. The predicted molar refractivity (Wildman–Crippen MR) is 64.4 cm³/mol. The summed E-state index contributed by atoms with van der Waals surface area (Å²) in [6.45, 7) is 4.29. The molecule has 0 fully saturated rings. The first kappa shape index (κ1) is 13.1. The van der Waals surface area contributed by atoms with E-state index in [1.807, 2.05) is 13.8 Å². The van der Waals surface area contributed by atoms with Crippen LogP contribution < -0.4 is 5.73 Å². The van der Waals surface area contributed by atoms with E-state index in [0.29, 0.717) is 11.5 Å². The van der Waals surface area contributed by atoms with Gasteiger partial charge < -0.3 is 10.8 Å². The van der Waals surface area contributed by atoms with Crippen molar-refractivity contribution in [3.8, 4) is 0 Å². The highest BCUT2D eigenvalue weighted by atomic mass is 16.4. The van der Waals surface area contributed by atoms with Gasteiger partial charge in [-0.3, -0.25) is 0 Å². The first-order valence-electron chi connectivity index (χ1n) is 5.78. The molecular formula is C10H15N7O2. The normalized spacial score (nSPS) is 11.2. The number of nitrogens with two attached hydrogens (primary N) is 1. The minimum atomic E-state index is -1.14. The zero-order valence-corrected chi connectivity index (χ0v) is 10.7. The molecule has 0 atom stereocenters. The molecule has 102 valence electrons. The largest absolute Gasteiger partial charge is 0.476 e. The Balaban J connectivity index is 2.33. The number of carbonyl (C=O) groups is 1. The Labute approximate surface area is 109 Å². The number of rotatable bonds is 5. The van der Waals surface area contributed by atoms with E-state index in [1.54, 1.807) is 4.68 Å². The number of carboxylic acids is 1. The number of carboxylic acid groups (broad SMARTS) is 1. The van der Waals surface area contributed by atoms with Gasteiger partial charge in [-0.1, -0.05) is 5.21 Å². The number of hydrogen-bond acceptors (Lipinski definition) is 6.